The van der Waals surface area contributed by atoms with E-state index in [1.54, 1.807) is 6.92 Å². The molecular formula is C12H16FN3O3. The Morgan fingerprint density at radius 3 is 2.74 bits per heavy atom. The van der Waals surface area contributed by atoms with E-state index < -0.39 is 22.7 Å². The molecular weight excluding hydrogens is 253 g/mol. The van der Waals surface area contributed by atoms with Crippen LogP contribution in [0, 0.1) is 21.8 Å². The van der Waals surface area contributed by atoms with E-state index in [-0.39, 0.29) is 17.3 Å². The number of amides is 1. The number of non-ortho nitro benzene ring substituents is 1. The molecule has 0 unspecified atom stereocenters. The number of benzene rings is 1. The fraction of sp³-hybridized carbons (Fsp3) is 0.417. The first-order valence-corrected chi connectivity index (χ1v) is 5.87. The Morgan fingerprint density at radius 1 is 1.58 bits per heavy atom. The van der Waals surface area contributed by atoms with Crippen molar-refractivity contribution in [1.82, 2.24) is 0 Å². The lowest BCUT2D eigenvalue weighted by atomic mass is 9.99. The third kappa shape index (κ3) is 3.72. The molecule has 0 radical (unpaired) electrons. The highest BCUT2D eigenvalue weighted by Gasteiger charge is 2.21. The summed E-state index contributed by atoms with van der Waals surface area (Å²) in [6.45, 7) is 3.68. The maximum atomic E-state index is 13.5. The zero-order chi connectivity index (χ0) is 14.6. The van der Waals surface area contributed by atoms with Crippen molar-refractivity contribution in [2.24, 2.45) is 11.7 Å². The summed E-state index contributed by atoms with van der Waals surface area (Å²) in [5, 5.41) is 12.9. The molecule has 3 N–H and O–H groups in total. The van der Waals surface area contributed by atoms with Crippen LogP contribution in [-0.4, -0.2) is 16.9 Å². The number of nitro benzene ring substituents is 1. The first-order valence-electron chi connectivity index (χ1n) is 5.87. The number of nitrogens with one attached hydrogen (secondary N) is 1. The fourth-order valence-electron chi connectivity index (χ4n) is 1.45. The number of halogens is 1. The molecule has 1 aromatic rings. The van der Waals surface area contributed by atoms with Crippen molar-refractivity contribution in [1.29, 1.82) is 0 Å². The highest BCUT2D eigenvalue weighted by atomic mass is 19.1. The van der Waals surface area contributed by atoms with E-state index in [1.807, 2.05) is 6.92 Å². The number of anilines is 1. The second-order valence-electron chi connectivity index (χ2n) is 4.32. The monoisotopic (exact) mass is 269 g/mol. The largest absolute Gasteiger partial charge is 0.322 e. The number of nitrogens with zero attached hydrogens (tertiary/aromatic N) is 1. The molecule has 104 valence electrons. The normalized spacial score (nSPS) is 13.7. The summed E-state index contributed by atoms with van der Waals surface area (Å²) in [7, 11) is 0. The Kier molecular flexibility index (Phi) is 4.94. The van der Waals surface area contributed by atoms with Crippen LogP contribution in [0.2, 0.25) is 0 Å². The van der Waals surface area contributed by atoms with Crippen LogP contribution < -0.4 is 11.1 Å². The predicted octanol–water partition coefficient (Wildman–Crippen LogP) is 2.05. The number of nitro groups is 1. The van der Waals surface area contributed by atoms with Crippen molar-refractivity contribution in [3.05, 3.63) is 34.1 Å². The van der Waals surface area contributed by atoms with Gasteiger partial charge >= 0.3 is 0 Å². The number of hydrogen-bond acceptors (Lipinski definition) is 4. The molecule has 0 aliphatic rings. The Morgan fingerprint density at radius 2 is 2.21 bits per heavy atom. The van der Waals surface area contributed by atoms with Gasteiger partial charge in [-0.1, -0.05) is 20.3 Å². The van der Waals surface area contributed by atoms with E-state index >= 15 is 0 Å². The van der Waals surface area contributed by atoms with Gasteiger partial charge in [0.25, 0.3) is 5.69 Å². The van der Waals surface area contributed by atoms with Crippen molar-refractivity contribution in [3.63, 3.8) is 0 Å². The van der Waals surface area contributed by atoms with E-state index in [4.69, 9.17) is 5.73 Å². The van der Waals surface area contributed by atoms with Crippen LogP contribution in [0.15, 0.2) is 18.2 Å². The second kappa shape index (κ2) is 6.24. The van der Waals surface area contributed by atoms with Crippen LogP contribution in [0.3, 0.4) is 0 Å². The quantitative estimate of drug-likeness (QED) is 0.631. The molecule has 0 saturated carbocycles. The molecule has 0 aromatic heterocycles. The number of carbonyl (C=O) groups is 1. The molecule has 6 nitrogen and oxygen atoms in total. The van der Waals surface area contributed by atoms with Crippen molar-refractivity contribution in [2.75, 3.05) is 5.32 Å². The minimum atomic E-state index is -0.788. The minimum absolute atomic E-state index is 0.0678. The van der Waals surface area contributed by atoms with Crippen LogP contribution in [0.25, 0.3) is 0 Å². The van der Waals surface area contributed by atoms with Gasteiger partial charge in [0.2, 0.25) is 5.91 Å². The van der Waals surface area contributed by atoms with E-state index in [0.29, 0.717) is 6.42 Å². The summed E-state index contributed by atoms with van der Waals surface area (Å²) in [4.78, 5) is 21.7. The van der Waals surface area contributed by atoms with Crippen molar-refractivity contribution >= 4 is 17.3 Å². The van der Waals surface area contributed by atoms with Crippen molar-refractivity contribution in [2.45, 2.75) is 26.3 Å². The smallest absolute Gasteiger partial charge is 0.271 e. The molecule has 7 heteroatoms. The van der Waals surface area contributed by atoms with Gasteiger partial charge in [-0.3, -0.25) is 14.9 Å². The standard InChI is InChI=1S/C12H16FN3O3/c1-3-7(2)11(14)12(17)15-10-6-8(16(18)19)4-5-9(10)13/h4-7,11H,3,14H2,1-2H3,(H,15,17)/t7-,11-/m0/s1. The molecule has 2 atom stereocenters. The van der Waals surface area contributed by atoms with E-state index in [9.17, 15) is 19.3 Å². The Labute approximate surface area is 109 Å². The fourth-order valence-corrected chi connectivity index (χ4v) is 1.45. The van der Waals surface area contributed by atoms with E-state index in [2.05, 4.69) is 5.32 Å². The first kappa shape index (κ1) is 15.0. The summed E-state index contributed by atoms with van der Waals surface area (Å²) in [5.74, 6) is -1.37. The number of hydrogen-bond donors (Lipinski definition) is 2. The van der Waals surface area contributed by atoms with Gasteiger partial charge in [0.05, 0.1) is 16.7 Å². The van der Waals surface area contributed by atoms with Gasteiger partial charge in [0.1, 0.15) is 5.82 Å². The SMILES string of the molecule is CC[C@H](C)[C@H](N)C(=O)Nc1cc([N+](=O)[O-])ccc1F. The lowest BCUT2D eigenvalue weighted by molar-refractivity contribution is -0.384. The average molecular weight is 269 g/mol. The lowest BCUT2D eigenvalue weighted by Crippen LogP contribution is -2.40. The van der Waals surface area contributed by atoms with Crippen molar-refractivity contribution in [3.8, 4) is 0 Å². The molecule has 1 aromatic carbocycles. The highest BCUT2D eigenvalue weighted by Crippen LogP contribution is 2.21. The van der Waals surface area contributed by atoms with Crippen LogP contribution >= 0.6 is 0 Å². The topological polar surface area (TPSA) is 98.3 Å². The summed E-state index contributed by atoms with van der Waals surface area (Å²) in [6, 6.07) is 2.14. The second-order valence-corrected chi connectivity index (χ2v) is 4.32. The van der Waals surface area contributed by atoms with Gasteiger partial charge in [0.15, 0.2) is 0 Å². The van der Waals surface area contributed by atoms with Gasteiger partial charge in [-0.05, 0) is 12.0 Å². The van der Waals surface area contributed by atoms with Gasteiger partial charge in [0, 0.05) is 12.1 Å². The third-order valence-electron chi connectivity index (χ3n) is 2.98. The molecule has 19 heavy (non-hydrogen) atoms. The molecule has 0 saturated heterocycles. The summed E-state index contributed by atoms with van der Waals surface area (Å²) in [6.07, 6.45) is 0.700. The number of nitrogens with two attached hydrogens (primary N) is 1. The van der Waals surface area contributed by atoms with Gasteiger partial charge in [-0.2, -0.15) is 0 Å². The minimum Gasteiger partial charge on any atom is -0.322 e. The maximum absolute atomic E-state index is 13.5. The third-order valence-corrected chi connectivity index (χ3v) is 2.98. The van der Waals surface area contributed by atoms with Gasteiger partial charge < -0.3 is 11.1 Å². The zero-order valence-electron chi connectivity index (χ0n) is 10.7. The molecule has 1 amide bonds. The molecule has 0 aliphatic heterocycles. The Hall–Kier alpha value is -2.02. The number of rotatable bonds is 5. The molecule has 0 spiro atoms. The molecule has 0 fully saturated rings. The van der Waals surface area contributed by atoms with E-state index in [0.717, 1.165) is 18.2 Å². The molecule has 0 heterocycles. The summed E-state index contributed by atoms with van der Waals surface area (Å²) < 4.78 is 13.5. The zero-order valence-corrected chi connectivity index (χ0v) is 10.7. The molecule has 0 aliphatic carbocycles. The Balaban J connectivity index is 2.90. The van der Waals surface area contributed by atoms with Gasteiger partial charge in [-0.15, -0.1) is 0 Å². The van der Waals surface area contributed by atoms with Gasteiger partial charge in [-0.25, -0.2) is 4.39 Å². The van der Waals surface area contributed by atoms with Crippen LogP contribution in [0.5, 0.6) is 0 Å². The van der Waals surface area contributed by atoms with E-state index in [1.165, 1.54) is 0 Å². The van der Waals surface area contributed by atoms with Crippen LogP contribution in [0.4, 0.5) is 15.8 Å². The maximum Gasteiger partial charge on any atom is 0.271 e. The predicted molar refractivity (Wildman–Crippen MR) is 69.1 cm³/mol. The van der Waals surface area contributed by atoms with Crippen LogP contribution in [0.1, 0.15) is 20.3 Å². The lowest BCUT2D eigenvalue weighted by Gasteiger charge is -2.17. The van der Waals surface area contributed by atoms with Crippen LogP contribution in [-0.2, 0) is 4.79 Å². The summed E-state index contributed by atoms with van der Waals surface area (Å²) in [5.41, 5.74) is 5.16. The molecule has 1 rings (SSSR count). The summed E-state index contributed by atoms with van der Waals surface area (Å²) >= 11 is 0. The number of carbonyl (C=O) groups excluding carboxylic acids is 1. The Bertz CT molecular complexity index is 493. The highest BCUT2D eigenvalue weighted by molar-refractivity contribution is 5.95. The first-order chi connectivity index (χ1) is 8.86. The molecule has 0 bridgehead atoms. The average Bonchev–Trinajstić information content (AvgIpc) is 2.38. The van der Waals surface area contributed by atoms with Crippen molar-refractivity contribution < 1.29 is 14.1 Å².